The van der Waals surface area contributed by atoms with Crippen molar-refractivity contribution in [3.8, 4) is 0 Å². The molecule has 0 aromatic carbocycles. The van der Waals surface area contributed by atoms with Crippen LogP contribution in [0.4, 0.5) is 11.6 Å². The number of fused-ring (bicyclic) bond motifs is 3. The lowest BCUT2D eigenvalue weighted by atomic mass is 9.87. The lowest BCUT2D eigenvalue weighted by molar-refractivity contribution is 0.288. The molecule has 6 heterocycles. The fourth-order valence-corrected chi connectivity index (χ4v) is 4.37. The summed E-state index contributed by atoms with van der Waals surface area (Å²) in [5.74, 6) is 2.86. The van der Waals surface area contributed by atoms with Gasteiger partial charge in [0.15, 0.2) is 5.16 Å². The van der Waals surface area contributed by atoms with Crippen LogP contribution in [0.2, 0.25) is 0 Å². The lowest BCUT2D eigenvalue weighted by Crippen LogP contribution is -2.69. The van der Waals surface area contributed by atoms with E-state index in [0.29, 0.717) is 12.1 Å². The molecule has 2 unspecified atom stereocenters. The van der Waals surface area contributed by atoms with Gasteiger partial charge in [-0.3, -0.25) is 4.98 Å². The Morgan fingerprint density at radius 1 is 1.08 bits per heavy atom. The lowest BCUT2D eigenvalue weighted by Gasteiger charge is -2.57. The van der Waals surface area contributed by atoms with Crippen molar-refractivity contribution < 1.29 is 0 Å². The summed E-state index contributed by atoms with van der Waals surface area (Å²) in [6, 6.07) is 4.93. The number of piperazine rings is 1. The van der Waals surface area contributed by atoms with Crippen LogP contribution >= 0.6 is 11.8 Å². The summed E-state index contributed by atoms with van der Waals surface area (Å²) in [6.07, 6.45) is 8.69. The van der Waals surface area contributed by atoms with E-state index in [1.165, 1.54) is 6.42 Å². The van der Waals surface area contributed by atoms with Gasteiger partial charge in [-0.1, -0.05) is 11.8 Å². The second kappa shape index (κ2) is 6.05. The molecular weight excluding hydrogens is 346 g/mol. The molecule has 26 heavy (non-hydrogen) atoms. The maximum atomic E-state index is 4.77. The molecule has 6 rings (SSSR count). The fourth-order valence-electron chi connectivity index (χ4n) is 4.02. The first-order chi connectivity index (χ1) is 12.7. The molecular formula is C18H19N7S. The normalized spacial score (nSPS) is 21.8. The van der Waals surface area contributed by atoms with Gasteiger partial charge in [-0.25, -0.2) is 19.9 Å². The SMILES string of the molecule is CSc1nccc(N2CC3CC(C2)N3c2nc(C)nc3cnccc23)n1. The van der Waals surface area contributed by atoms with Gasteiger partial charge in [0, 0.05) is 30.9 Å². The van der Waals surface area contributed by atoms with Gasteiger partial charge >= 0.3 is 0 Å². The minimum atomic E-state index is 0.451. The standard InChI is InChI=1S/C18H19N7S/c1-11-21-15-8-19-5-3-14(15)17(22-11)25-12-7-13(25)10-24(9-12)16-4-6-20-18(23-16)26-2/h3-6,8,12-13H,7,9-10H2,1-2H3. The fraction of sp³-hybridized carbons (Fsp3) is 0.389. The van der Waals surface area contributed by atoms with E-state index < -0.39 is 0 Å². The van der Waals surface area contributed by atoms with Crippen molar-refractivity contribution in [3.05, 3.63) is 36.5 Å². The molecule has 3 saturated heterocycles. The Balaban J connectivity index is 1.45. The molecule has 2 bridgehead atoms. The van der Waals surface area contributed by atoms with E-state index in [4.69, 9.17) is 4.98 Å². The summed E-state index contributed by atoms with van der Waals surface area (Å²) in [4.78, 5) is 27.3. The maximum Gasteiger partial charge on any atom is 0.189 e. The highest BCUT2D eigenvalue weighted by Gasteiger charge is 2.46. The van der Waals surface area contributed by atoms with E-state index in [-0.39, 0.29) is 0 Å². The number of nitrogens with zero attached hydrogens (tertiary/aromatic N) is 7. The zero-order valence-electron chi connectivity index (χ0n) is 14.7. The maximum absolute atomic E-state index is 4.77. The van der Waals surface area contributed by atoms with Crippen molar-refractivity contribution in [2.45, 2.75) is 30.6 Å². The number of hydrogen-bond donors (Lipinski definition) is 0. The number of rotatable bonds is 3. The average Bonchev–Trinajstić information content (AvgIpc) is 2.68. The summed E-state index contributed by atoms with van der Waals surface area (Å²) in [5, 5.41) is 1.91. The highest BCUT2D eigenvalue weighted by Crippen LogP contribution is 2.39. The van der Waals surface area contributed by atoms with Crippen LogP contribution in [0.5, 0.6) is 0 Å². The van der Waals surface area contributed by atoms with E-state index in [0.717, 1.165) is 46.6 Å². The van der Waals surface area contributed by atoms with Crippen molar-refractivity contribution in [2.75, 3.05) is 29.1 Å². The van der Waals surface area contributed by atoms with Crippen LogP contribution in [0.3, 0.4) is 0 Å². The molecule has 7 nitrogen and oxygen atoms in total. The second-order valence-corrected chi connectivity index (χ2v) is 7.52. The molecule has 132 valence electrons. The van der Waals surface area contributed by atoms with Crippen LogP contribution in [0.1, 0.15) is 12.2 Å². The number of aromatic nitrogens is 5. The molecule has 0 saturated carbocycles. The number of anilines is 2. The minimum absolute atomic E-state index is 0.451. The zero-order chi connectivity index (χ0) is 17.7. The van der Waals surface area contributed by atoms with Crippen molar-refractivity contribution in [3.63, 3.8) is 0 Å². The van der Waals surface area contributed by atoms with Crippen molar-refractivity contribution in [2.24, 2.45) is 0 Å². The van der Waals surface area contributed by atoms with Gasteiger partial charge in [0.1, 0.15) is 17.5 Å². The predicted octanol–water partition coefficient (Wildman–Crippen LogP) is 2.31. The monoisotopic (exact) mass is 365 g/mol. The summed E-state index contributed by atoms with van der Waals surface area (Å²) < 4.78 is 0. The van der Waals surface area contributed by atoms with Crippen molar-refractivity contribution in [1.82, 2.24) is 24.9 Å². The van der Waals surface area contributed by atoms with E-state index in [9.17, 15) is 0 Å². The van der Waals surface area contributed by atoms with Crippen molar-refractivity contribution in [1.29, 1.82) is 0 Å². The number of thioether (sulfide) groups is 1. The molecule has 0 amide bonds. The number of aryl methyl sites for hydroxylation is 1. The number of hydrogen-bond acceptors (Lipinski definition) is 8. The van der Waals surface area contributed by atoms with Crippen LogP contribution in [0.25, 0.3) is 10.9 Å². The van der Waals surface area contributed by atoms with E-state index in [1.807, 2.05) is 43.9 Å². The minimum Gasteiger partial charge on any atom is -0.352 e. The highest BCUT2D eigenvalue weighted by molar-refractivity contribution is 7.98. The third-order valence-corrected chi connectivity index (χ3v) is 5.72. The van der Waals surface area contributed by atoms with Gasteiger partial charge in [0.25, 0.3) is 0 Å². The van der Waals surface area contributed by atoms with Gasteiger partial charge < -0.3 is 9.80 Å². The van der Waals surface area contributed by atoms with Gasteiger partial charge in [-0.2, -0.15) is 0 Å². The molecule has 0 N–H and O–H groups in total. The molecule has 2 atom stereocenters. The summed E-state index contributed by atoms with van der Waals surface area (Å²) in [6.45, 7) is 3.86. The Morgan fingerprint density at radius 2 is 1.92 bits per heavy atom. The van der Waals surface area contributed by atoms with Gasteiger partial charge in [0.2, 0.25) is 0 Å². The largest absolute Gasteiger partial charge is 0.352 e. The van der Waals surface area contributed by atoms with Gasteiger partial charge in [-0.15, -0.1) is 0 Å². The molecule has 3 aromatic rings. The first-order valence-corrected chi connectivity index (χ1v) is 9.94. The molecule has 0 spiro atoms. The number of piperidine rings is 1. The predicted molar refractivity (Wildman–Crippen MR) is 103 cm³/mol. The Morgan fingerprint density at radius 3 is 2.73 bits per heavy atom. The second-order valence-electron chi connectivity index (χ2n) is 6.74. The zero-order valence-corrected chi connectivity index (χ0v) is 15.5. The van der Waals surface area contributed by atoms with Crippen LogP contribution in [0, 0.1) is 6.92 Å². The molecule has 3 aliphatic heterocycles. The quantitative estimate of drug-likeness (QED) is 0.517. The number of pyridine rings is 1. The molecule has 3 aromatic heterocycles. The Bertz CT molecular complexity index is 967. The van der Waals surface area contributed by atoms with Gasteiger partial charge in [-0.05, 0) is 31.7 Å². The Labute approximate surface area is 155 Å². The van der Waals surface area contributed by atoms with E-state index >= 15 is 0 Å². The molecule has 3 aliphatic rings. The highest BCUT2D eigenvalue weighted by atomic mass is 32.2. The van der Waals surface area contributed by atoms with Crippen LogP contribution in [-0.2, 0) is 0 Å². The van der Waals surface area contributed by atoms with Crippen LogP contribution in [0.15, 0.2) is 35.9 Å². The van der Waals surface area contributed by atoms with E-state index in [2.05, 4.69) is 29.7 Å². The third-order valence-electron chi connectivity index (χ3n) is 5.15. The Hall–Kier alpha value is -2.48. The molecule has 8 heteroatoms. The third kappa shape index (κ3) is 2.47. The van der Waals surface area contributed by atoms with Gasteiger partial charge in [0.05, 0.1) is 23.8 Å². The first kappa shape index (κ1) is 15.7. The molecule has 3 fully saturated rings. The summed E-state index contributed by atoms with van der Waals surface area (Å²) >= 11 is 1.58. The summed E-state index contributed by atoms with van der Waals surface area (Å²) in [7, 11) is 0. The molecule has 0 aliphatic carbocycles. The topological polar surface area (TPSA) is 70.9 Å². The van der Waals surface area contributed by atoms with Crippen molar-refractivity contribution >= 4 is 34.3 Å². The molecule has 0 radical (unpaired) electrons. The first-order valence-electron chi connectivity index (χ1n) is 8.71. The van der Waals surface area contributed by atoms with E-state index in [1.54, 1.807) is 11.8 Å². The van der Waals surface area contributed by atoms with Crippen LogP contribution < -0.4 is 9.80 Å². The summed E-state index contributed by atoms with van der Waals surface area (Å²) in [5.41, 5.74) is 0.914. The average molecular weight is 365 g/mol. The van der Waals surface area contributed by atoms with Crippen LogP contribution in [-0.4, -0.2) is 56.3 Å². The Kier molecular flexibility index (Phi) is 3.66. The smallest absolute Gasteiger partial charge is 0.189 e.